The van der Waals surface area contributed by atoms with Gasteiger partial charge in [-0.2, -0.15) is 0 Å². The van der Waals surface area contributed by atoms with Crippen LogP contribution in [0.15, 0.2) is 22.2 Å². The van der Waals surface area contributed by atoms with Crippen LogP contribution in [0.1, 0.15) is 17.4 Å². The van der Waals surface area contributed by atoms with Crippen LogP contribution in [0.25, 0.3) is 0 Å². The third kappa shape index (κ3) is 2.80. The summed E-state index contributed by atoms with van der Waals surface area (Å²) in [5, 5.41) is 17.7. The lowest BCUT2D eigenvalue weighted by atomic mass is 10.2. The van der Waals surface area contributed by atoms with Crippen molar-refractivity contribution in [1.29, 1.82) is 0 Å². The van der Waals surface area contributed by atoms with Crippen molar-refractivity contribution in [3.63, 3.8) is 0 Å². The molecule has 90 valence electrons. The summed E-state index contributed by atoms with van der Waals surface area (Å²) in [6, 6.07) is 0.638. The van der Waals surface area contributed by atoms with Gasteiger partial charge in [0.25, 0.3) is 0 Å². The van der Waals surface area contributed by atoms with Gasteiger partial charge in [-0.25, -0.2) is 4.98 Å². The van der Waals surface area contributed by atoms with Gasteiger partial charge in [-0.05, 0) is 0 Å². The molecule has 0 aliphatic rings. The molecule has 0 fully saturated rings. The maximum absolute atomic E-state index is 10.7. The van der Waals surface area contributed by atoms with Crippen LogP contribution < -0.4 is 11.1 Å². The van der Waals surface area contributed by atoms with Crippen LogP contribution in [0.2, 0.25) is 0 Å². The van der Waals surface area contributed by atoms with E-state index in [1.807, 2.05) is 0 Å². The normalized spacial score (nSPS) is 12.3. The zero-order chi connectivity index (χ0) is 12.3. The number of hydrogen-bond acceptors (Lipinski definition) is 7. The third-order valence-corrected chi connectivity index (χ3v) is 2.84. The Morgan fingerprint density at radius 3 is 3.18 bits per heavy atom. The molecule has 0 saturated heterocycles. The average molecular weight is 254 g/mol. The molecule has 0 aliphatic carbocycles. The Labute approximate surface area is 100 Å². The molecule has 7 nitrogen and oxygen atoms in total. The van der Waals surface area contributed by atoms with Crippen molar-refractivity contribution in [1.82, 2.24) is 10.1 Å². The van der Waals surface area contributed by atoms with E-state index in [0.717, 1.165) is 5.69 Å². The topological polar surface area (TPSA) is 114 Å². The van der Waals surface area contributed by atoms with Gasteiger partial charge in [0.1, 0.15) is 18.0 Å². The molecule has 1 unspecified atom stereocenters. The van der Waals surface area contributed by atoms with E-state index in [2.05, 4.69) is 20.0 Å². The van der Waals surface area contributed by atoms with E-state index in [0.29, 0.717) is 17.4 Å². The largest absolute Gasteiger partial charge is 0.480 e. The zero-order valence-corrected chi connectivity index (χ0v) is 9.48. The standard InChI is InChI=1S/C9H10N4O3S/c10-7(8(14)15)6-4-17-9(12-6)11-3-5-1-2-16-13-5/h1-2,4,7H,3,10H2,(H,11,12)(H,14,15). The fraction of sp³-hybridized carbons (Fsp3) is 0.222. The predicted molar refractivity (Wildman–Crippen MR) is 60.5 cm³/mol. The van der Waals surface area contributed by atoms with Crippen LogP contribution in [0.5, 0.6) is 0 Å². The second-order valence-corrected chi connectivity index (χ2v) is 4.10. The lowest BCUT2D eigenvalue weighted by molar-refractivity contribution is -0.138. The number of hydrogen-bond donors (Lipinski definition) is 3. The number of thiazole rings is 1. The fourth-order valence-electron chi connectivity index (χ4n) is 1.13. The highest BCUT2D eigenvalue weighted by Gasteiger charge is 2.17. The van der Waals surface area contributed by atoms with Gasteiger partial charge in [-0.1, -0.05) is 5.16 Å². The first kappa shape index (κ1) is 11.6. The Balaban J connectivity index is 1.96. The van der Waals surface area contributed by atoms with Gasteiger partial charge in [0, 0.05) is 11.4 Å². The minimum atomic E-state index is -1.10. The number of carbonyl (C=O) groups is 1. The van der Waals surface area contributed by atoms with E-state index in [1.165, 1.54) is 17.6 Å². The number of carboxylic acid groups (broad SMARTS) is 1. The molecule has 4 N–H and O–H groups in total. The summed E-state index contributed by atoms with van der Waals surface area (Å²) >= 11 is 1.29. The summed E-state index contributed by atoms with van der Waals surface area (Å²) in [6.07, 6.45) is 1.48. The second-order valence-electron chi connectivity index (χ2n) is 3.24. The van der Waals surface area contributed by atoms with Gasteiger partial charge < -0.3 is 20.7 Å². The van der Waals surface area contributed by atoms with Gasteiger partial charge in [-0.15, -0.1) is 11.3 Å². The highest BCUT2D eigenvalue weighted by Crippen LogP contribution is 2.20. The number of aliphatic carboxylic acids is 1. The highest BCUT2D eigenvalue weighted by molar-refractivity contribution is 7.13. The SMILES string of the molecule is NC(C(=O)O)c1csc(NCc2ccon2)n1. The molecule has 1 atom stereocenters. The third-order valence-electron chi connectivity index (χ3n) is 2.02. The number of nitrogens with two attached hydrogens (primary N) is 1. The van der Waals surface area contributed by atoms with Crippen LogP contribution >= 0.6 is 11.3 Å². The first-order valence-corrected chi connectivity index (χ1v) is 5.61. The van der Waals surface area contributed by atoms with Crippen LogP contribution in [-0.4, -0.2) is 21.2 Å². The minimum Gasteiger partial charge on any atom is -0.480 e. The van der Waals surface area contributed by atoms with Crippen molar-refractivity contribution in [2.24, 2.45) is 5.73 Å². The fourth-order valence-corrected chi connectivity index (χ4v) is 1.88. The van der Waals surface area contributed by atoms with Crippen LogP contribution in [0, 0.1) is 0 Å². The van der Waals surface area contributed by atoms with Gasteiger partial charge in [0.15, 0.2) is 5.13 Å². The first-order valence-electron chi connectivity index (χ1n) is 4.74. The molecule has 0 radical (unpaired) electrons. The summed E-state index contributed by atoms with van der Waals surface area (Å²) in [5.41, 5.74) is 6.51. The molecule has 0 aromatic carbocycles. The summed E-state index contributed by atoms with van der Waals surface area (Å²) in [5.74, 6) is -1.10. The zero-order valence-electron chi connectivity index (χ0n) is 8.66. The number of nitrogens with one attached hydrogen (secondary N) is 1. The Morgan fingerprint density at radius 2 is 2.53 bits per heavy atom. The summed E-state index contributed by atoms with van der Waals surface area (Å²) < 4.78 is 4.67. The number of rotatable bonds is 5. The van der Waals surface area contributed by atoms with Crippen LogP contribution in [0.4, 0.5) is 5.13 Å². The Bertz CT molecular complexity index is 496. The van der Waals surface area contributed by atoms with Gasteiger partial charge in [0.05, 0.1) is 12.2 Å². The molecule has 8 heteroatoms. The number of aromatic nitrogens is 2. The predicted octanol–water partition coefficient (Wildman–Crippen LogP) is 0.828. The molecule has 0 spiro atoms. The quantitative estimate of drug-likeness (QED) is 0.723. The van der Waals surface area contributed by atoms with E-state index in [-0.39, 0.29) is 0 Å². The highest BCUT2D eigenvalue weighted by atomic mass is 32.1. The van der Waals surface area contributed by atoms with Crippen molar-refractivity contribution in [3.8, 4) is 0 Å². The number of anilines is 1. The molecule has 2 aromatic heterocycles. The second kappa shape index (κ2) is 4.93. The van der Waals surface area contributed by atoms with Crippen molar-refractivity contribution in [2.45, 2.75) is 12.6 Å². The van der Waals surface area contributed by atoms with Crippen molar-refractivity contribution in [2.75, 3.05) is 5.32 Å². The molecule has 2 aromatic rings. The minimum absolute atomic E-state index is 0.338. The average Bonchev–Trinajstić information content (AvgIpc) is 2.96. The van der Waals surface area contributed by atoms with Crippen LogP contribution in [0.3, 0.4) is 0 Å². The molecule has 17 heavy (non-hydrogen) atoms. The van der Waals surface area contributed by atoms with Crippen molar-refractivity contribution >= 4 is 22.4 Å². The molecule has 0 bridgehead atoms. The molecule has 0 aliphatic heterocycles. The maximum atomic E-state index is 10.7. The van der Waals surface area contributed by atoms with Gasteiger partial charge in [0.2, 0.25) is 0 Å². The molecule has 2 heterocycles. The van der Waals surface area contributed by atoms with E-state index >= 15 is 0 Å². The summed E-state index contributed by atoms with van der Waals surface area (Å²) in [7, 11) is 0. The lowest BCUT2D eigenvalue weighted by Gasteiger charge is -2.01. The Hall–Kier alpha value is -1.93. The molecule has 0 saturated carbocycles. The van der Waals surface area contributed by atoms with Gasteiger partial charge >= 0.3 is 5.97 Å². The van der Waals surface area contributed by atoms with Crippen molar-refractivity contribution < 1.29 is 14.4 Å². The number of carboxylic acids is 1. The van der Waals surface area contributed by atoms with Gasteiger partial charge in [-0.3, -0.25) is 4.79 Å². The van der Waals surface area contributed by atoms with E-state index in [4.69, 9.17) is 10.8 Å². The van der Waals surface area contributed by atoms with Crippen molar-refractivity contribution in [3.05, 3.63) is 29.1 Å². The maximum Gasteiger partial charge on any atom is 0.326 e. The Morgan fingerprint density at radius 1 is 1.71 bits per heavy atom. The molecule has 2 rings (SSSR count). The molecular formula is C9H10N4O3S. The Kier molecular flexibility index (Phi) is 3.35. The number of nitrogens with zero attached hydrogens (tertiary/aromatic N) is 2. The molecular weight excluding hydrogens is 244 g/mol. The van der Waals surface area contributed by atoms with E-state index in [9.17, 15) is 4.79 Å². The summed E-state index contributed by atoms with van der Waals surface area (Å²) in [4.78, 5) is 14.7. The van der Waals surface area contributed by atoms with E-state index < -0.39 is 12.0 Å². The monoisotopic (exact) mass is 254 g/mol. The smallest absolute Gasteiger partial charge is 0.326 e. The van der Waals surface area contributed by atoms with Crippen LogP contribution in [-0.2, 0) is 11.3 Å². The lowest BCUT2D eigenvalue weighted by Crippen LogP contribution is -2.20. The molecule has 0 amide bonds. The van der Waals surface area contributed by atoms with E-state index in [1.54, 1.807) is 11.4 Å². The first-order chi connectivity index (χ1) is 8.16. The summed E-state index contributed by atoms with van der Waals surface area (Å²) in [6.45, 7) is 0.464.